The molecule has 0 amide bonds. The molecule has 1 aromatic heterocycles. The van der Waals surface area contributed by atoms with Gasteiger partial charge in [-0.2, -0.15) is 0 Å². The van der Waals surface area contributed by atoms with Gasteiger partial charge in [-0.1, -0.05) is 66.2 Å². The Morgan fingerprint density at radius 1 is 0.583 bits per heavy atom. The van der Waals surface area contributed by atoms with Gasteiger partial charge in [0.05, 0.1) is 0 Å². The van der Waals surface area contributed by atoms with Gasteiger partial charge in [-0.3, -0.25) is 0 Å². The number of fused-ring (bicyclic) bond motifs is 4. The van der Waals surface area contributed by atoms with E-state index in [0.717, 1.165) is 37.7 Å². The highest BCUT2D eigenvalue weighted by molar-refractivity contribution is 6.36. The Morgan fingerprint density at radius 3 is 2.17 bits per heavy atom. The molecule has 0 aliphatic rings. The molecule has 0 aliphatic carbocycles. The van der Waals surface area contributed by atoms with Crippen molar-refractivity contribution < 1.29 is 4.42 Å². The van der Waals surface area contributed by atoms with E-state index in [1.807, 2.05) is 42.5 Å². The minimum Gasteiger partial charge on any atom is -0.456 e. The van der Waals surface area contributed by atoms with Crippen LogP contribution < -0.4 is 0 Å². The van der Waals surface area contributed by atoms with E-state index in [2.05, 4.69) is 36.4 Å². The first-order valence-electron chi connectivity index (χ1n) is 7.90. The summed E-state index contributed by atoms with van der Waals surface area (Å²) in [7, 11) is 0. The highest BCUT2D eigenvalue weighted by atomic mass is 35.5. The molecular formula is C22H13ClO. The largest absolute Gasteiger partial charge is 0.456 e. The molecule has 24 heavy (non-hydrogen) atoms. The summed E-state index contributed by atoms with van der Waals surface area (Å²) in [6.45, 7) is 0. The first kappa shape index (κ1) is 13.6. The Balaban J connectivity index is 1.84. The normalized spacial score (nSPS) is 11.5. The van der Waals surface area contributed by atoms with Gasteiger partial charge < -0.3 is 4.42 Å². The van der Waals surface area contributed by atoms with Crippen LogP contribution in [0.4, 0.5) is 0 Å². The molecule has 0 atom stereocenters. The van der Waals surface area contributed by atoms with Crippen molar-refractivity contribution in [3.8, 4) is 11.1 Å². The van der Waals surface area contributed by atoms with Crippen molar-refractivity contribution in [1.29, 1.82) is 0 Å². The van der Waals surface area contributed by atoms with Gasteiger partial charge in [0.1, 0.15) is 11.2 Å². The predicted octanol–water partition coefficient (Wildman–Crippen LogP) is 7.06. The summed E-state index contributed by atoms with van der Waals surface area (Å²) in [6.07, 6.45) is 0. The lowest BCUT2D eigenvalue weighted by Gasteiger charge is -2.08. The van der Waals surface area contributed by atoms with E-state index in [4.69, 9.17) is 16.0 Å². The zero-order valence-corrected chi connectivity index (χ0v) is 13.5. The molecular weight excluding hydrogens is 316 g/mol. The molecule has 0 fully saturated rings. The van der Waals surface area contributed by atoms with Gasteiger partial charge in [-0.15, -0.1) is 0 Å². The van der Waals surface area contributed by atoms with E-state index in [9.17, 15) is 0 Å². The summed E-state index contributed by atoms with van der Waals surface area (Å²) in [4.78, 5) is 0. The van der Waals surface area contributed by atoms with Crippen LogP contribution in [0.25, 0.3) is 43.8 Å². The van der Waals surface area contributed by atoms with E-state index in [-0.39, 0.29) is 0 Å². The molecule has 0 spiro atoms. The van der Waals surface area contributed by atoms with Crippen LogP contribution >= 0.6 is 11.6 Å². The van der Waals surface area contributed by atoms with Crippen LogP contribution in [-0.2, 0) is 0 Å². The SMILES string of the molecule is Clc1ccc(-c2ccc3oc4ccccc4c3c2)c2ccccc12. The lowest BCUT2D eigenvalue weighted by molar-refractivity contribution is 0.669. The molecule has 0 bridgehead atoms. The Bertz CT molecular complexity index is 1220. The molecule has 0 saturated heterocycles. The third-order valence-corrected chi connectivity index (χ3v) is 4.89. The standard InChI is InChI=1S/C22H13ClO/c23-20-11-10-15(16-5-1-2-6-17(16)20)14-9-12-22-19(13-14)18-7-3-4-8-21(18)24-22/h1-13H. The summed E-state index contributed by atoms with van der Waals surface area (Å²) in [6, 6.07) is 26.8. The summed E-state index contributed by atoms with van der Waals surface area (Å²) in [5.41, 5.74) is 4.19. The van der Waals surface area contributed by atoms with E-state index < -0.39 is 0 Å². The fraction of sp³-hybridized carbons (Fsp3) is 0. The second kappa shape index (κ2) is 5.12. The van der Waals surface area contributed by atoms with Gasteiger partial charge in [0.15, 0.2) is 0 Å². The Morgan fingerprint density at radius 2 is 1.29 bits per heavy atom. The Labute approximate surface area is 144 Å². The molecule has 0 aliphatic heterocycles. The van der Waals surface area contributed by atoms with Crippen LogP contribution in [0.3, 0.4) is 0 Å². The minimum atomic E-state index is 0.782. The lowest BCUT2D eigenvalue weighted by Crippen LogP contribution is -1.82. The van der Waals surface area contributed by atoms with Crippen molar-refractivity contribution in [2.75, 3.05) is 0 Å². The van der Waals surface area contributed by atoms with Gasteiger partial charge in [-0.25, -0.2) is 0 Å². The van der Waals surface area contributed by atoms with Crippen LogP contribution in [0, 0.1) is 0 Å². The van der Waals surface area contributed by atoms with E-state index in [1.165, 1.54) is 11.1 Å². The highest BCUT2D eigenvalue weighted by Crippen LogP contribution is 2.36. The smallest absolute Gasteiger partial charge is 0.135 e. The first-order valence-corrected chi connectivity index (χ1v) is 8.28. The van der Waals surface area contributed by atoms with Gasteiger partial charge in [0.25, 0.3) is 0 Å². The maximum atomic E-state index is 6.36. The Hall–Kier alpha value is -2.77. The third kappa shape index (κ3) is 1.95. The molecule has 0 N–H and O–H groups in total. The van der Waals surface area contributed by atoms with Gasteiger partial charge in [0, 0.05) is 21.2 Å². The number of halogens is 1. The lowest BCUT2D eigenvalue weighted by atomic mass is 9.97. The van der Waals surface area contributed by atoms with Crippen molar-refractivity contribution in [2.45, 2.75) is 0 Å². The fourth-order valence-electron chi connectivity index (χ4n) is 3.41. The van der Waals surface area contributed by atoms with E-state index in [0.29, 0.717) is 0 Å². The quantitative estimate of drug-likeness (QED) is 0.321. The van der Waals surface area contributed by atoms with Crippen molar-refractivity contribution >= 4 is 44.3 Å². The molecule has 114 valence electrons. The first-order chi connectivity index (χ1) is 11.8. The maximum absolute atomic E-state index is 6.36. The molecule has 5 aromatic rings. The van der Waals surface area contributed by atoms with Crippen LogP contribution in [0.1, 0.15) is 0 Å². The topological polar surface area (TPSA) is 13.1 Å². The summed E-state index contributed by atoms with van der Waals surface area (Å²) in [5.74, 6) is 0. The number of para-hydroxylation sites is 1. The second-order valence-electron chi connectivity index (χ2n) is 5.95. The van der Waals surface area contributed by atoms with Crippen LogP contribution in [-0.4, -0.2) is 0 Å². The minimum absolute atomic E-state index is 0.782. The fourth-order valence-corrected chi connectivity index (χ4v) is 3.64. The van der Waals surface area contributed by atoms with E-state index >= 15 is 0 Å². The number of rotatable bonds is 1. The van der Waals surface area contributed by atoms with Gasteiger partial charge in [0.2, 0.25) is 0 Å². The molecule has 2 heteroatoms. The van der Waals surface area contributed by atoms with E-state index in [1.54, 1.807) is 0 Å². The summed E-state index contributed by atoms with van der Waals surface area (Å²) >= 11 is 6.36. The molecule has 4 aromatic carbocycles. The predicted molar refractivity (Wildman–Crippen MR) is 102 cm³/mol. The van der Waals surface area contributed by atoms with Crippen LogP contribution in [0.15, 0.2) is 83.3 Å². The summed E-state index contributed by atoms with van der Waals surface area (Å²) < 4.78 is 5.93. The maximum Gasteiger partial charge on any atom is 0.135 e. The average Bonchev–Trinajstić information content (AvgIpc) is 3.00. The zero-order chi connectivity index (χ0) is 16.1. The van der Waals surface area contributed by atoms with Gasteiger partial charge in [-0.05, 0) is 40.8 Å². The number of hydrogen-bond acceptors (Lipinski definition) is 1. The zero-order valence-electron chi connectivity index (χ0n) is 12.8. The molecule has 0 radical (unpaired) electrons. The van der Waals surface area contributed by atoms with Crippen molar-refractivity contribution in [3.63, 3.8) is 0 Å². The van der Waals surface area contributed by atoms with Crippen molar-refractivity contribution in [1.82, 2.24) is 0 Å². The number of hydrogen-bond donors (Lipinski definition) is 0. The van der Waals surface area contributed by atoms with Crippen molar-refractivity contribution in [2.24, 2.45) is 0 Å². The van der Waals surface area contributed by atoms with Crippen molar-refractivity contribution in [3.05, 3.63) is 83.9 Å². The summed E-state index contributed by atoms with van der Waals surface area (Å²) in [5, 5.41) is 5.31. The average molecular weight is 329 g/mol. The second-order valence-corrected chi connectivity index (χ2v) is 6.36. The number of benzene rings is 4. The van der Waals surface area contributed by atoms with Gasteiger partial charge >= 0.3 is 0 Å². The highest BCUT2D eigenvalue weighted by Gasteiger charge is 2.10. The molecule has 0 unspecified atom stereocenters. The monoisotopic (exact) mass is 328 g/mol. The molecule has 0 saturated carbocycles. The molecule has 1 nitrogen and oxygen atoms in total. The molecule has 5 rings (SSSR count). The Kier molecular flexibility index (Phi) is 2.91. The number of furan rings is 1. The van der Waals surface area contributed by atoms with Crippen LogP contribution in [0.5, 0.6) is 0 Å². The van der Waals surface area contributed by atoms with Crippen LogP contribution in [0.2, 0.25) is 5.02 Å². The third-order valence-electron chi connectivity index (χ3n) is 4.56. The molecule has 1 heterocycles.